The fourth-order valence-corrected chi connectivity index (χ4v) is 6.11. The lowest BCUT2D eigenvalue weighted by molar-refractivity contribution is 0.127. The van der Waals surface area contributed by atoms with Crippen LogP contribution in [0, 0.1) is 11.3 Å². The van der Waals surface area contributed by atoms with Crippen molar-refractivity contribution in [2.45, 2.75) is 45.4 Å². The summed E-state index contributed by atoms with van der Waals surface area (Å²) in [5, 5.41) is 0. The van der Waals surface area contributed by atoms with Crippen molar-refractivity contribution in [3.63, 3.8) is 0 Å². The summed E-state index contributed by atoms with van der Waals surface area (Å²) >= 11 is 0. The summed E-state index contributed by atoms with van der Waals surface area (Å²) in [4.78, 5) is 0. The second kappa shape index (κ2) is 8.13. The second-order valence-electron chi connectivity index (χ2n) is 9.56. The molecule has 2 aromatic rings. The van der Waals surface area contributed by atoms with Crippen molar-refractivity contribution in [3.05, 3.63) is 59.7 Å². The Morgan fingerprint density at radius 1 is 0.742 bits per heavy atom. The van der Waals surface area contributed by atoms with E-state index in [4.69, 9.17) is 8.37 Å². The van der Waals surface area contributed by atoms with Gasteiger partial charge in [0.1, 0.15) is 11.5 Å². The minimum absolute atomic E-state index is 0.0987. The number of hydrogen-bond donors (Lipinski definition) is 0. The summed E-state index contributed by atoms with van der Waals surface area (Å²) in [7, 11) is -7.18. The topological polar surface area (TPSA) is 86.7 Å². The zero-order valence-electron chi connectivity index (χ0n) is 18.6. The van der Waals surface area contributed by atoms with Gasteiger partial charge in [-0.15, -0.1) is 0 Å². The third-order valence-corrected chi connectivity index (χ3v) is 6.68. The Balaban J connectivity index is 2.06. The maximum absolute atomic E-state index is 11.5. The van der Waals surface area contributed by atoms with Crippen LogP contribution in [0.5, 0.6) is 11.5 Å². The first-order valence-electron chi connectivity index (χ1n) is 10.2. The predicted molar refractivity (Wildman–Crippen MR) is 121 cm³/mol. The van der Waals surface area contributed by atoms with Crippen LogP contribution in [-0.2, 0) is 25.7 Å². The molecule has 31 heavy (non-hydrogen) atoms. The van der Waals surface area contributed by atoms with Crippen LogP contribution in [-0.4, -0.2) is 29.3 Å². The van der Waals surface area contributed by atoms with E-state index in [1.807, 2.05) is 24.3 Å². The van der Waals surface area contributed by atoms with Gasteiger partial charge in [0.05, 0.1) is 12.5 Å². The molecule has 0 N–H and O–H groups in total. The average molecular weight is 467 g/mol. The molecular formula is C23H30O6S2. The highest BCUT2D eigenvalue weighted by Crippen LogP contribution is 2.53. The quantitative estimate of drug-likeness (QED) is 0.583. The molecule has 0 radical (unpaired) electrons. The summed E-state index contributed by atoms with van der Waals surface area (Å²) in [5.41, 5.74) is 1.95. The van der Waals surface area contributed by atoms with Gasteiger partial charge in [-0.3, -0.25) is 0 Å². The summed E-state index contributed by atoms with van der Waals surface area (Å²) in [6.07, 6.45) is 4.99. The van der Waals surface area contributed by atoms with Crippen LogP contribution in [0.25, 0.3) is 0 Å². The summed E-state index contributed by atoms with van der Waals surface area (Å²) in [6, 6.07) is 14.4. The SMILES string of the molecule is CC1CC(C)(C)CC(c2ccc(OS(C)(=O)=O)cc2)(c2ccc(OS(C)(=O)=O)cc2)C1. The Bertz CT molecular complexity index is 1050. The molecule has 0 spiro atoms. The van der Waals surface area contributed by atoms with E-state index in [1.54, 1.807) is 24.3 Å². The van der Waals surface area contributed by atoms with E-state index in [-0.39, 0.29) is 22.3 Å². The molecular weight excluding hydrogens is 436 g/mol. The van der Waals surface area contributed by atoms with Crippen molar-refractivity contribution < 1.29 is 25.2 Å². The van der Waals surface area contributed by atoms with Gasteiger partial charge in [-0.25, -0.2) is 0 Å². The highest BCUT2D eigenvalue weighted by atomic mass is 32.2. The highest BCUT2D eigenvalue weighted by Gasteiger charge is 2.45. The molecule has 3 rings (SSSR count). The van der Waals surface area contributed by atoms with Gasteiger partial charge in [-0.05, 0) is 66.0 Å². The molecule has 0 aliphatic heterocycles. The molecule has 0 aromatic heterocycles. The molecule has 0 saturated heterocycles. The first-order chi connectivity index (χ1) is 14.2. The molecule has 1 aliphatic carbocycles. The van der Waals surface area contributed by atoms with Crippen LogP contribution in [0.4, 0.5) is 0 Å². The van der Waals surface area contributed by atoms with Crippen molar-refractivity contribution in [1.29, 1.82) is 0 Å². The van der Waals surface area contributed by atoms with E-state index in [9.17, 15) is 16.8 Å². The third kappa shape index (κ3) is 6.01. The molecule has 1 fully saturated rings. The molecule has 6 nitrogen and oxygen atoms in total. The standard InChI is InChI=1S/C23H30O6S2/c1-17-14-22(2,3)16-23(15-17,18-6-10-20(11-7-18)28-30(4,24)25)19-8-12-21(13-9-19)29-31(5,26)27/h6-13,17H,14-16H2,1-5H3. The number of hydrogen-bond acceptors (Lipinski definition) is 6. The Labute approximate surface area is 185 Å². The van der Waals surface area contributed by atoms with Crippen molar-refractivity contribution in [1.82, 2.24) is 0 Å². The second-order valence-corrected chi connectivity index (χ2v) is 12.7. The predicted octanol–water partition coefficient (Wildman–Crippen LogP) is 4.50. The van der Waals surface area contributed by atoms with Crippen molar-refractivity contribution in [2.75, 3.05) is 12.5 Å². The maximum Gasteiger partial charge on any atom is 0.306 e. The lowest BCUT2D eigenvalue weighted by Gasteiger charge is -2.48. The van der Waals surface area contributed by atoms with Crippen LogP contribution < -0.4 is 8.37 Å². The van der Waals surface area contributed by atoms with Gasteiger partial charge in [-0.2, -0.15) is 16.8 Å². The minimum Gasteiger partial charge on any atom is -0.383 e. The third-order valence-electron chi connectivity index (χ3n) is 5.69. The van der Waals surface area contributed by atoms with E-state index in [0.717, 1.165) is 42.9 Å². The van der Waals surface area contributed by atoms with Gasteiger partial charge < -0.3 is 8.37 Å². The van der Waals surface area contributed by atoms with E-state index in [2.05, 4.69) is 20.8 Å². The molecule has 1 aliphatic rings. The monoisotopic (exact) mass is 466 g/mol. The van der Waals surface area contributed by atoms with Gasteiger partial charge in [0.2, 0.25) is 0 Å². The van der Waals surface area contributed by atoms with Crippen LogP contribution in [0.15, 0.2) is 48.5 Å². The maximum atomic E-state index is 11.5. The first kappa shape index (κ1) is 23.6. The van der Waals surface area contributed by atoms with Crippen LogP contribution in [0.1, 0.15) is 51.2 Å². The zero-order chi connectivity index (χ0) is 23.1. The average Bonchev–Trinajstić information content (AvgIpc) is 2.58. The summed E-state index contributed by atoms with van der Waals surface area (Å²) < 4.78 is 55.8. The fourth-order valence-electron chi connectivity index (χ4n) is 5.19. The normalized spacial score (nSPS) is 20.7. The van der Waals surface area contributed by atoms with Crippen molar-refractivity contribution in [2.24, 2.45) is 11.3 Å². The lowest BCUT2D eigenvalue weighted by atomic mass is 9.55. The number of benzene rings is 2. The first-order valence-corrected chi connectivity index (χ1v) is 13.8. The molecule has 0 heterocycles. The Kier molecular flexibility index (Phi) is 6.19. The molecule has 0 amide bonds. The van der Waals surface area contributed by atoms with Crippen molar-refractivity contribution in [3.8, 4) is 11.5 Å². The molecule has 170 valence electrons. The van der Waals surface area contributed by atoms with E-state index >= 15 is 0 Å². The smallest absolute Gasteiger partial charge is 0.306 e. The van der Waals surface area contributed by atoms with Crippen molar-refractivity contribution >= 4 is 20.2 Å². The molecule has 1 atom stereocenters. The van der Waals surface area contributed by atoms with Gasteiger partial charge in [0, 0.05) is 5.41 Å². The zero-order valence-corrected chi connectivity index (χ0v) is 20.2. The molecule has 8 heteroatoms. The fraction of sp³-hybridized carbons (Fsp3) is 0.478. The van der Waals surface area contributed by atoms with Gasteiger partial charge >= 0.3 is 20.2 Å². The number of rotatable bonds is 6. The summed E-state index contributed by atoms with van der Waals surface area (Å²) in [6.45, 7) is 6.78. The van der Waals surface area contributed by atoms with Crippen LogP contribution in [0.2, 0.25) is 0 Å². The lowest BCUT2D eigenvalue weighted by Crippen LogP contribution is -2.41. The molecule has 1 unspecified atom stereocenters. The van der Waals surface area contributed by atoms with E-state index in [0.29, 0.717) is 5.92 Å². The van der Waals surface area contributed by atoms with E-state index in [1.165, 1.54) is 0 Å². The Morgan fingerprint density at radius 3 is 1.45 bits per heavy atom. The molecule has 2 aromatic carbocycles. The highest BCUT2D eigenvalue weighted by molar-refractivity contribution is 7.86. The Hall–Kier alpha value is -2.06. The van der Waals surface area contributed by atoms with Gasteiger partial charge in [-0.1, -0.05) is 45.0 Å². The largest absolute Gasteiger partial charge is 0.383 e. The van der Waals surface area contributed by atoms with Crippen LogP contribution in [0.3, 0.4) is 0 Å². The van der Waals surface area contributed by atoms with Gasteiger partial charge in [0.15, 0.2) is 0 Å². The van der Waals surface area contributed by atoms with E-state index < -0.39 is 20.2 Å². The summed E-state index contributed by atoms with van der Waals surface area (Å²) in [5.74, 6) is 1.03. The minimum atomic E-state index is -3.59. The van der Waals surface area contributed by atoms with Crippen LogP contribution >= 0.6 is 0 Å². The van der Waals surface area contributed by atoms with Gasteiger partial charge in [0.25, 0.3) is 0 Å². The Morgan fingerprint density at radius 2 is 1.13 bits per heavy atom. The molecule has 1 saturated carbocycles. The molecule has 0 bridgehead atoms.